The lowest BCUT2D eigenvalue weighted by Gasteiger charge is -2.29. The van der Waals surface area contributed by atoms with Crippen molar-refractivity contribution in [3.8, 4) is 0 Å². The predicted molar refractivity (Wildman–Crippen MR) is 81.9 cm³/mol. The molecule has 0 nitrogen and oxygen atoms in total. The van der Waals surface area contributed by atoms with Gasteiger partial charge in [0.05, 0.1) is 0 Å². The molecular formula is C10H24S3Si. The minimum absolute atomic E-state index is 0.647. The second-order valence-corrected chi connectivity index (χ2v) is 7.76. The maximum atomic E-state index is 4.30. The first-order valence-corrected chi connectivity index (χ1v) is 8.41. The van der Waals surface area contributed by atoms with Crippen molar-refractivity contribution >= 4 is 48.1 Å². The van der Waals surface area contributed by atoms with Crippen LogP contribution in [0.5, 0.6) is 0 Å². The van der Waals surface area contributed by atoms with E-state index >= 15 is 0 Å². The molecule has 0 aliphatic rings. The molecule has 0 saturated carbocycles. The third kappa shape index (κ3) is 7.54. The van der Waals surface area contributed by atoms with Gasteiger partial charge in [-0.1, -0.05) is 19.3 Å². The summed E-state index contributed by atoms with van der Waals surface area (Å²) in [5.74, 6) is 3.10. The van der Waals surface area contributed by atoms with E-state index in [-0.39, 0.29) is 0 Å². The van der Waals surface area contributed by atoms with Gasteiger partial charge in [-0.2, -0.15) is 37.9 Å². The summed E-state index contributed by atoms with van der Waals surface area (Å²) in [5, 5.41) is 0.647. The fourth-order valence-corrected chi connectivity index (χ4v) is 3.43. The van der Waals surface area contributed by atoms with Gasteiger partial charge in [-0.3, -0.25) is 0 Å². The van der Waals surface area contributed by atoms with Crippen molar-refractivity contribution < 1.29 is 0 Å². The van der Waals surface area contributed by atoms with Gasteiger partial charge in [0.1, 0.15) is 0 Å². The quantitative estimate of drug-likeness (QED) is 0.416. The maximum Gasteiger partial charge on any atom is 0.0106 e. The average molecular weight is 269 g/mol. The topological polar surface area (TPSA) is 0 Å². The van der Waals surface area contributed by atoms with Gasteiger partial charge >= 0.3 is 0 Å². The number of thiol groups is 3. The summed E-state index contributed by atoms with van der Waals surface area (Å²) in [6.45, 7) is 0. The standard InChI is InChI=1S/C10H24S3Si/c11-7-1-4-10(14,5-2-8-12)6-3-9-13/h11-13H,1-9H2,14H3. The normalized spacial score (nSPS) is 12.2. The Labute approximate surface area is 109 Å². The van der Waals surface area contributed by atoms with Gasteiger partial charge in [-0.15, -0.1) is 0 Å². The molecule has 4 heteroatoms. The van der Waals surface area contributed by atoms with Gasteiger partial charge < -0.3 is 0 Å². The molecule has 0 bridgehead atoms. The van der Waals surface area contributed by atoms with Crippen LogP contribution in [-0.4, -0.2) is 27.5 Å². The van der Waals surface area contributed by atoms with Crippen LogP contribution in [0.25, 0.3) is 0 Å². The van der Waals surface area contributed by atoms with Crippen LogP contribution in [0.2, 0.25) is 5.04 Å². The molecule has 0 rings (SSSR count). The lowest BCUT2D eigenvalue weighted by atomic mass is 9.92. The minimum atomic E-state index is 0.647. The van der Waals surface area contributed by atoms with E-state index in [0.717, 1.165) is 17.3 Å². The van der Waals surface area contributed by atoms with Crippen LogP contribution in [0, 0.1) is 0 Å². The van der Waals surface area contributed by atoms with E-state index in [0.29, 0.717) is 5.04 Å². The van der Waals surface area contributed by atoms with E-state index in [1.807, 2.05) is 0 Å². The van der Waals surface area contributed by atoms with Crippen molar-refractivity contribution in [2.75, 3.05) is 17.3 Å². The Morgan fingerprint density at radius 1 is 0.714 bits per heavy atom. The van der Waals surface area contributed by atoms with Gasteiger partial charge in [0, 0.05) is 10.2 Å². The smallest absolute Gasteiger partial charge is 0.0106 e. The van der Waals surface area contributed by atoms with E-state index in [1.165, 1.54) is 48.8 Å². The van der Waals surface area contributed by atoms with Crippen molar-refractivity contribution in [1.82, 2.24) is 0 Å². The molecular weight excluding hydrogens is 244 g/mol. The molecule has 0 aromatic rings. The number of rotatable bonds is 9. The monoisotopic (exact) mass is 268 g/mol. The highest BCUT2D eigenvalue weighted by molar-refractivity contribution is 7.80. The van der Waals surface area contributed by atoms with Crippen LogP contribution < -0.4 is 0 Å². The summed E-state index contributed by atoms with van der Waals surface area (Å²) in [5.41, 5.74) is 0. The number of hydrogen-bond acceptors (Lipinski definition) is 3. The Kier molecular flexibility index (Phi) is 10.3. The van der Waals surface area contributed by atoms with E-state index in [4.69, 9.17) is 0 Å². The zero-order chi connectivity index (χ0) is 10.9. The Balaban J connectivity index is 3.89. The van der Waals surface area contributed by atoms with Gasteiger partial charge in [0.15, 0.2) is 0 Å². The van der Waals surface area contributed by atoms with Crippen molar-refractivity contribution in [2.45, 2.75) is 43.6 Å². The molecule has 86 valence electrons. The Morgan fingerprint density at radius 3 is 1.21 bits per heavy atom. The fourth-order valence-electron chi connectivity index (χ4n) is 1.89. The molecule has 0 aliphatic heterocycles. The van der Waals surface area contributed by atoms with Crippen LogP contribution >= 0.6 is 37.9 Å². The molecule has 0 fully saturated rings. The van der Waals surface area contributed by atoms with Crippen molar-refractivity contribution in [1.29, 1.82) is 0 Å². The van der Waals surface area contributed by atoms with E-state index in [1.54, 1.807) is 0 Å². The van der Waals surface area contributed by atoms with Crippen molar-refractivity contribution in [2.24, 2.45) is 0 Å². The van der Waals surface area contributed by atoms with E-state index in [2.05, 4.69) is 37.9 Å². The Morgan fingerprint density at radius 2 is 1.00 bits per heavy atom. The molecule has 0 aliphatic carbocycles. The summed E-state index contributed by atoms with van der Waals surface area (Å²) in [6, 6.07) is 0. The van der Waals surface area contributed by atoms with E-state index < -0.39 is 0 Å². The lowest BCUT2D eigenvalue weighted by Crippen LogP contribution is -2.14. The maximum absolute atomic E-state index is 4.30. The number of hydrogen-bond donors (Lipinski definition) is 3. The van der Waals surface area contributed by atoms with Crippen molar-refractivity contribution in [3.05, 3.63) is 0 Å². The van der Waals surface area contributed by atoms with Crippen LogP contribution in [0.3, 0.4) is 0 Å². The molecule has 0 radical (unpaired) electrons. The van der Waals surface area contributed by atoms with Crippen LogP contribution in [0.15, 0.2) is 0 Å². The molecule has 0 aromatic carbocycles. The zero-order valence-electron chi connectivity index (χ0n) is 9.21. The molecule has 0 amide bonds. The molecule has 0 N–H and O–H groups in total. The fraction of sp³-hybridized carbons (Fsp3) is 1.00. The lowest BCUT2D eigenvalue weighted by molar-refractivity contribution is 0.435. The first-order valence-electron chi connectivity index (χ1n) is 5.51. The molecule has 0 unspecified atom stereocenters. The molecule has 0 saturated heterocycles. The summed E-state index contributed by atoms with van der Waals surface area (Å²) in [7, 11) is 1.31. The van der Waals surface area contributed by atoms with Crippen LogP contribution in [0.4, 0.5) is 0 Å². The molecule has 0 heterocycles. The molecule has 0 atom stereocenters. The SMILES string of the molecule is [SiH3]C(CCCS)(CCCS)CCCS. The highest BCUT2D eigenvalue weighted by Gasteiger charge is 2.21. The Bertz CT molecular complexity index is 109. The van der Waals surface area contributed by atoms with Gasteiger partial charge in [-0.05, 0) is 41.6 Å². The predicted octanol–water partition coefficient (Wildman–Crippen LogP) is 2.64. The van der Waals surface area contributed by atoms with Gasteiger partial charge in [0.2, 0.25) is 0 Å². The van der Waals surface area contributed by atoms with E-state index in [9.17, 15) is 0 Å². The molecule has 14 heavy (non-hydrogen) atoms. The summed E-state index contributed by atoms with van der Waals surface area (Å²) < 4.78 is 0. The second-order valence-electron chi connectivity index (χ2n) is 4.29. The van der Waals surface area contributed by atoms with Crippen LogP contribution in [-0.2, 0) is 0 Å². The summed E-state index contributed by atoms with van der Waals surface area (Å²) >= 11 is 12.9. The zero-order valence-corrected chi connectivity index (χ0v) is 13.9. The Hall–Kier alpha value is 1.27. The van der Waals surface area contributed by atoms with Gasteiger partial charge in [-0.25, -0.2) is 0 Å². The minimum Gasteiger partial charge on any atom is -0.179 e. The third-order valence-electron chi connectivity index (χ3n) is 2.82. The highest BCUT2D eigenvalue weighted by Crippen LogP contribution is 2.39. The van der Waals surface area contributed by atoms with Gasteiger partial charge in [0.25, 0.3) is 0 Å². The average Bonchev–Trinajstić information content (AvgIpc) is 2.21. The third-order valence-corrected chi connectivity index (χ3v) is 5.26. The summed E-state index contributed by atoms with van der Waals surface area (Å²) in [4.78, 5) is 0. The first-order chi connectivity index (χ1) is 6.68. The van der Waals surface area contributed by atoms with Crippen molar-refractivity contribution in [3.63, 3.8) is 0 Å². The second kappa shape index (κ2) is 9.49. The first kappa shape index (κ1) is 15.3. The molecule has 0 spiro atoms. The molecule has 0 aromatic heterocycles. The van der Waals surface area contributed by atoms with Crippen LogP contribution in [0.1, 0.15) is 38.5 Å². The largest absolute Gasteiger partial charge is 0.179 e. The summed E-state index contributed by atoms with van der Waals surface area (Å²) in [6.07, 6.45) is 7.90. The highest BCUT2D eigenvalue weighted by atomic mass is 32.1.